The zero-order chi connectivity index (χ0) is 24.4. The number of furan rings is 1. The lowest BCUT2D eigenvalue weighted by molar-refractivity contribution is -0.111. The molecule has 0 radical (unpaired) electrons. The Morgan fingerprint density at radius 2 is 1.89 bits per heavy atom. The smallest absolute Gasteiger partial charge is 0.248 e. The summed E-state index contributed by atoms with van der Waals surface area (Å²) in [6.45, 7) is 1.95. The topological polar surface area (TPSA) is 77.5 Å². The van der Waals surface area contributed by atoms with Gasteiger partial charge < -0.3 is 18.9 Å². The molecule has 1 amide bonds. The number of hydrogen-bond donors (Lipinski definition) is 1. The van der Waals surface area contributed by atoms with Gasteiger partial charge in [0.25, 0.3) is 0 Å². The number of benzene rings is 3. The SMILES string of the molecule is COc1ccc2oc(-c3cccc(NC(=O)C=Cc4ccc(-c5ccc(C)c(Cl)c5)o4)c3)nc2c1. The molecule has 6 nitrogen and oxygen atoms in total. The van der Waals surface area contributed by atoms with E-state index in [1.54, 1.807) is 31.4 Å². The Morgan fingerprint density at radius 1 is 1.00 bits per heavy atom. The molecule has 0 fully saturated rings. The number of nitrogens with zero attached hydrogens (tertiary/aromatic N) is 1. The molecule has 2 aromatic heterocycles. The molecule has 3 aromatic carbocycles. The van der Waals surface area contributed by atoms with Crippen LogP contribution in [0, 0.1) is 6.92 Å². The Hall–Kier alpha value is -4.29. The second-order valence-corrected chi connectivity index (χ2v) is 8.33. The molecule has 35 heavy (non-hydrogen) atoms. The van der Waals surface area contributed by atoms with Gasteiger partial charge in [0.2, 0.25) is 11.8 Å². The maximum Gasteiger partial charge on any atom is 0.248 e. The molecule has 1 N–H and O–H groups in total. The van der Waals surface area contributed by atoms with Gasteiger partial charge in [-0.15, -0.1) is 0 Å². The standard InChI is InChI=1S/C28H21ClN2O4/c1-17-6-7-18(15-23(17)29)25-11-8-21(34-25)10-13-27(32)30-20-5-3-4-19(14-20)28-31-24-16-22(33-2)9-12-26(24)35-28/h3-16H,1-2H3,(H,30,32). The van der Waals surface area contributed by atoms with Crippen LogP contribution in [0.4, 0.5) is 5.69 Å². The van der Waals surface area contributed by atoms with Gasteiger partial charge in [0, 0.05) is 34.0 Å². The Balaban J connectivity index is 1.28. The van der Waals surface area contributed by atoms with E-state index in [9.17, 15) is 4.79 Å². The first-order chi connectivity index (χ1) is 17.0. The Labute approximate surface area is 206 Å². The van der Waals surface area contributed by atoms with E-state index in [0.717, 1.165) is 16.7 Å². The number of rotatable bonds is 6. The molecule has 0 aliphatic heterocycles. The van der Waals surface area contributed by atoms with Gasteiger partial charge in [0.05, 0.1) is 7.11 Å². The lowest BCUT2D eigenvalue weighted by atomic mass is 10.1. The maximum atomic E-state index is 12.5. The number of oxazole rings is 1. The van der Waals surface area contributed by atoms with E-state index in [4.69, 9.17) is 25.2 Å². The first kappa shape index (κ1) is 22.5. The number of hydrogen-bond acceptors (Lipinski definition) is 5. The summed E-state index contributed by atoms with van der Waals surface area (Å²) in [6, 6.07) is 22.1. The predicted octanol–water partition coefficient (Wildman–Crippen LogP) is 7.38. The van der Waals surface area contributed by atoms with Crippen molar-refractivity contribution < 1.29 is 18.4 Å². The third-order valence-corrected chi connectivity index (χ3v) is 5.86. The largest absolute Gasteiger partial charge is 0.497 e. The third kappa shape index (κ3) is 4.98. The summed E-state index contributed by atoms with van der Waals surface area (Å²) in [5.41, 5.74) is 4.59. The monoisotopic (exact) mass is 484 g/mol. The summed E-state index contributed by atoms with van der Waals surface area (Å²) >= 11 is 6.21. The van der Waals surface area contributed by atoms with Crippen molar-refractivity contribution in [3.63, 3.8) is 0 Å². The lowest BCUT2D eigenvalue weighted by Gasteiger charge is -2.03. The highest BCUT2D eigenvalue weighted by molar-refractivity contribution is 6.31. The average molecular weight is 485 g/mol. The first-order valence-corrected chi connectivity index (χ1v) is 11.3. The van der Waals surface area contributed by atoms with Gasteiger partial charge in [-0.3, -0.25) is 4.79 Å². The molecule has 0 saturated carbocycles. The van der Waals surface area contributed by atoms with Crippen LogP contribution in [0.2, 0.25) is 5.02 Å². The second-order valence-electron chi connectivity index (χ2n) is 7.92. The Kier molecular flexibility index (Phi) is 6.12. The van der Waals surface area contributed by atoms with Crippen molar-refractivity contribution in [1.29, 1.82) is 0 Å². The van der Waals surface area contributed by atoms with Crippen molar-refractivity contribution in [2.24, 2.45) is 0 Å². The molecule has 2 heterocycles. The highest BCUT2D eigenvalue weighted by atomic mass is 35.5. The van der Waals surface area contributed by atoms with Crippen LogP contribution >= 0.6 is 11.6 Å². The van der Waals surface area contributed by atoms with Gasteiger partial charge in [-0.25, -0.2) is 4.98 Å². The summed E-state index contributed by atoms with van der Waals surface area (Å²) in [7, 11) is 1.60. The number of fused-ring (bicyclic) bond motifs is 1. The summed E-state index contributed by atoms with van der Waals surface area (Å²) in [5.74, 6) is 2.11. The van der Waals surface area contributed by atoms with Crippen molar-refractivity contribution in [3.8, 4) is 28.5 Å². The van der Waals surface area contributed by atoms with Crippen molar-refractivity contribution in [2.75, 3.05) is 12.4 Å². The van der Waals surface area contributed by atoms with E-state index in [1.807, 2.05) is 61.5 Å². The molecule has 0 unspecified atom stereocenters. The van der Waals surface area contributed by atoms with Gasteiger partial charge in [0.15, 0.2) is 5.58 Å². The molecule has 7 heteroatoms. The fourth-order valence-corrected chi connectivity index (χ4v) is 3.75. The number of ether oxygens (including phenoxy) is 1. The molecule has 5 rings (SSSR count). The molecular formula is C28H21ClN2O4. The molecule has 0 bridgehead atoms. The molecular weight excluding hydrogens is 464 g/mol. The fourth-order valence-electron chi connectivity index (χ4n) is 3.57. The number of amides is 1. The van der Waals surface area contributed by atoms with Gasteiger partial charge in [-0.2, -0.15) is 0 Å². The van der Waals surface area contributed by atoms with Crippen molar-refractivity contribution >= 4 is 40.4 Å². The minimum atomic E-state index is -0.291. The summed E-state index contributed by atoms with van der Waals surface area (Å²) in [5, 5.41) is 3.53. The highest BCUT2D eigenvalue weighted by Gasteiger charge is 2.11. The van der Waals surface area contributed by atoms with Crippen LogP contribution in [0.25, 0.3) is 40.0 Å². The fraction of sp³-hybridized carbons (Fsp3) is 0.0714. The number of aromatic nitrogens is 1. The Bertz CT molecular complexity index is 1560. The molecule has 174 valence electrons. The van der Waals surface area contributed by atoms with Crippen LogP contribution in [0.15, 0.2) is 87.7 Å². The number of carbonyl (C=O) groups excluding carboxylic acids is 1. The van der Waals surface area contributed by atoms with E-state index in [0.29, 0.717) is 45.0 Å². The van der Waals surface area contributed by atoms with Gasteiger partial charge in [-0.1, -0.05) is 29.8 Å². The lowest BCUT2D eigenvalue weighted by Crippen LogP contribution is -2.07. The average Bonchev–Trinajstić information content (AvgIpc) is 3.51. The number of aryl methyl sites for hydroxylation is 1. The van der Waals surface area contributed by atoms with Crippen molar-refractivity contribution in [2.45, 2.75) is 6.92 Å². The van der Waals surface area contributed by atoms with Crippen molar-refractivity contribution in [3.05, 3.63) is 95.2 Å². The molecule has 0 saturated heterocycles. The van der Waals surface area contributed by atoms with Crippen LogP contribution in [-0.4, -0.2) is 18.0 Å². The zero-order valence-electron chi connectivity index (χ0n) is 19.0. The van der Waals surface area contributed by atoms with Gasteiger partial charge in [-0.05, 0) is 67.1 Å². The summed E-state index contributed by atoms with van der Waals surface area (Å²) in [6.07, 6.45) is 3.04. The summed E-state index contributed by atoms with van der Waals surface area (Å²) < 4.78 is 16.9. The number of halogens is 1. The minimum absolute atomic E-state index is 0.291. The van der Waals surface area contributed by atoms with Crippen LogP contribution in [0.5, 0.6) is 5.75 Å². The van der Waals surface area contributed by atoms with E-state index in [2.05, 4.69) is 10.3 Å². The first-order valence-electron chi connectivity index (χ1n) is 10.9. The molecule has 0 atom stereocenters. The Morgan fingerprint density at radius 3 is 2.71 bits per heavy atom. The number of methoxy groups -OCH3 is 1. The van der Waals surface area contributed by atoms with Crippen LogP contribution in [-0.2, 0) is 4.79 Å². The summed E-state index contributed by atoms with van der Waals surface area (Å²) in [4.78, 5) is 17.0. The van der Waals surface area contributed by atoms with Gasteiger partial charge in [0.1, 0.15) is 22.8 Å². The number of carbonyl (C=O) groups is 1. The maximum absolute atomic E-state index is 12.5. The van der Waals surface area contributed by atoms with Crippen LogP contribution in [0.1, 0.15) is 11.3 Å². The quantitative estimate of drug-likeness (QED) is 0.254. The second kappa shape index (κ2) is 9.52. The van der Waals surface area contributed by atoms with E-state index in [1.165, 1.54) is 6.08 Å². The van der Waals surface area contributed by atoms with E-state index < -0.39 is 0 Å². The minimum Gasteiger partial charge on any atom is -0.497 e. The molecule has 0 spiro atoms. The predicted molar refractivity (Wildman–Crippen MR) is 138 cm³/mol. The van der Waals surface area contributed by atoms with Gasteiger partial charge >= 0.3 is 0 Å². The number of nitrogens with one attached hydrogen (secondary N) is 1. The zero-order valence-corrected chi connectivity index (χ0v) is 19.8. The molecule has 0 aliphatic rings. The van der Waals surface area contributed by atoms with E-state index >= 15 is 0 Å². The van der Waals surface area contributed by atoms with Crippen LogP contribution < -0.4 is 10.1 Å². The normalized spacial score (nSPS) is 11.3. The van der Waals surface area contributed by atoms with Crippen molar-refractivity contribution in [1.82, 2.24) is 4.98 Å². The highest BCUT2D eigenvalue weighted by Crippen LogP contribution is 2.29. The van der Waals surface area contributed by atoms with E-state index in [-0.39, 0.29) is 5.91 Å². The molecule has 0 aliphatic carbocycles. The molecule has 5 aromatic rings. The third-order valence-electron chi connectivity index (χ3n) is 5.45. The van der Waals surface area contributed by atoms with Crippen LogP contribution in [0.3, 0.4) is 0 Å². The number of anilines is 1.